The van der Waals surface area contributed by atoms with Gasteiger partial charge in [0.15, 0.2) is 0 Å². The normalized spacial score (nSPS) is 11.7. The van der Waals surface area contributed by atoms with Crippen molar-refractivity contribution >= 4 is 23.9 Å². The average Bonchev–Trinajstić information content (AvgIpc) is 2.33. The van der Waals surface area contributed by atoms with Gasteiger partial charge in [-0.2, -0.15) is 0 Å². The molecule has 0 radical (unpaired) electrons. The third-order valence-electron chi connectivity index (χ3n) is 3.01. The van der Waals surface area contributed by atoms with E-state index in [0.29, 0.717) is 0 Å². The van der Waals surface area contributed by atoms with Crippen molar-refractivity contribution in [1.82, 2.24) is 0 Å². The first-order chi connectivity index (χ1) is 9.27. The van der Waals surface area contributed by atoms with Crippen LogP contribution in [-0.2, 0) is 6.18 Å². The van der Waals surface area contributed by atoms with E-state index in [-0.39, 0.29) is 15.0 Å². The summed E-state index contributed by atoms with van der Waals surface area (Å²) in [6.07, 6.45) is -4.26. The summed E-state index contributed by atoms with van der Waals surface area (Å²) in [5.41, 5.74) is 3.05. The van der Waals surface area contributed by atoms with Crippen molar-refractivity contribution < 1.29 is 13.2 Å². The molecular formula is C16H15F3Se. The Morgan fingerprint density at radius 3 is 1.80 bits per heavy atom. The van der Waals surface area contributed by atoms with Gasteiger partial charge in [-0.05, 0) is 0 Å². The summed E-state index contributed by atoms with van der Waals surface area (Å²) in [7, 11) is 0. The summed E-state index contributed by atoms with van der Waals surface area (Å²) in [4.78, 5) is 0. The molecule has 0 spiro atoms. The summed E-state index contributed by atoms with van der Waals surface area (Å²) in [6, 6.07) is 9.73. The number of halogens is 3. The van der Waals surface area contributed by atoms with Crippen LogP contribution in [0, 0.1) is 20.8 Å². The number of benzene rings is 2. The second kappa shape index (κ2) is 5.63. The monoisotopic (exact) mass is 344 g/mol. The Balaban J connectivity index is 2.27. The van der Waals surface area contributed by atoms with Gasteiger partial charge in [-0.1, -0.05) is 0 Å². The quantitative estimate of drug-likeness (QED) is 0.734. The van der Waals surface area contributed by atoms with Gasteiger partial charge in [0.05, 0.1) is 0 Å². The zero-order chi connectivity index (χ0) is 14.9. The molecule has 0 saturated heterocycles. The third kappa shape index (κ3) is 3.44. The molecule has 0 aliphatic carbocycles. The summed E-state index contributed by atoms with van der Waals surface area (Å²) in [6.45, 7) is 6.16. The first-order valence-electron chi connectivity index (χ1n) is 6.20. The van der Waals surface area contributed by atoms with Crippen LogP contribution < -0.4 is 8.92 Å². The van der Waals surface area contributed by atoms with Gasteiger partial charge in [0, 0.05) is 0 Å². The Hall–Kier alpha value is -1.25. The van der Waals surface area contributed by atoms with Crippen molar-refractivity contribution in [3.8, 4) is 0 Å². The molecule has 0 saturated carbocycles. The Morgan fingerprint density at radius 1 is 0.850 bits per heavy atom. The average molecular weight is 343 g/mol. The van der Waals surface area contributed by atoms with Crippen molar-refractivity contribution in [3.05, 3.63) is 58.7 Å². The second-order valence-electron chi connectivity index (χ2n) is 4.85. The van der Waals surface area contributed by atoms with Crippen molar-refractivity contribution in [2.24, 2.45) is 0 Å². The van der Waals surface area contributed by atoms with E-state index in [1.54, 1.807) is 12.1 Å². The van der Waals surface area contributed by atoms with Crippen LogP contribution in [0.15, 0.2) is 36.4 Å². The summed E-state index contributed by atoms with van der Waals surface area (Å²) in [5.74, 6) is 0. The number of aryl methyl sites for hydroxylation is 3. The van der Waals surface area contributed by atoms with E-state index in [9.17, 15) is 13.2 Å². The molecule has 0 atom stereocenters. The van der Waals surface area contributed by atoms with Gasteiger partial charge < -0.3 is 0 Å². The molecule has 0 aliphatic heterocycles. The maximum atomic E-state index is 12.5. The zero-order valence-corrected chi connectivity index (χ0v) is 13.2. The summed E-state index contributed by atoms with van der Waals surface area (Å²) in [5, 5.41) is 0. The molecule has 0 N–H and O–H groups in total. The second-order valence-corrected chi connectivity index (χ2v) is 7.13. The molecule has 0 aromatic heterocycles. The number of alkyl halides is 3. The van der Waals surface area contributed by atoms with Gasteiger partial charge in [0.1, 0.15) is 0 Å². The Kier molecular flexibility index (Phi) is 4.26. The first kappa shape index (κ1) is 15.1. The molecule has 4 heteroatoms. The van der Waals surface area contributed by atoms with Gasteiger partial charge >= 0.3 is 123 Å². The molecule has 0 amide bonds. The molecule has 2 aromatic carbocycles. The molecule has 2 aromatic rings. The van der Waals surface area contributed by atoms with Crippen LogP contribution in [-0.4, -0.2) is 15.0 Å². The fourth-order valence-electron chi connectivity index (χ4n) is 2.16. The van der Waals surface area contributed by atoms with Crippen LogP contribution in [0.1, 0.15) is 22.3 Å². The molecule has 0 nitrogen and oxygen atoms in total. The SMILES string of the molecule is Cc1cc(C)c([Se]c2ccc(C(F)(F)F)cc2)c(C)c1. The van der Waals surface area contributed by atoms with Crippen LogP contribution in [0.2, 0.25) is 0 Å². The Morgan fingerprint density at radius 2 is 1.35 bits per heavy atom. The van der Waals surface area contributed by atoms with Crippen LogP contribution in [0.5, 0.6) is 0 Å². The van der Waals surface area contributed by atoms with Crippen molar-refractivity contribution in [1.29, 1.82) is 0 Å². The fourth-order valence-corrected chi connectivity index (χ4v) is 4.15. The molecule has 0 bridgehead atoms. The molecular weight excluding hydrogens is 328 g/mol. The van der Waals surface area contributed by atoms with Crippen molar-refractivity contribution in [2.45, 2.75) is 26.9 Å². The minimum atomic E-state index is -4.26. The van der Waals surface area contributed by atoms with Gasteiger partial charge in [-0.3, -0.25) is 0 Å². The van der Waals surface area contributed by atoms with E-state index in [1.165, 1.54) is 21.2 Å². The maximum absolute atomic E-state index is 12.5. The van der Waals surface area contributed by atoms with E-state index in [1.807, 2.05) is 0 Å². The number of hydrogen-bond donors (Lipinski definition) is 0. The van der Waals surface area contributed by atoms with E-state index in [0.717, 1.165) is 16.6 Å². The van der Waals surface area contributed by atoms with Crippen LogP contribution in [0.25, 0.3) is 0 Å². The van der Waals surface area contributed by atoms with Crippen molar-refractivity contribution in [2.75, 3.05) is 0 Å². The standard InChI is InChI=1S/C16H15F3Se/c1-10-8-11(2)15(12(3)9-10)20-14-6-4-13(5-7-14)16(17,18)19/h4-9H,1-3H3. The third-order valence-corrected chi connectivity index (χ3v) is 5.85. The zero-order valence-electron chi connectivity index (χ0n) is 11.5. The number of rotatable bonds is 2. The molecule has 0 heterocycles. The predicted octanol–water partition coefficient (Wildman–Crippen LogP) is 3.29. The predicted molar refractivity (Wildman–Crippen MR) is 77.1 cm³/mol. The summed E-state index contributed by atoms with van der Waals surface area (Å²) < 4.78 is 39.8. The molecule has 2 rings (SSSR count). The van der Waals surface area contributed by atoms with Crippen LogP contribution in [0.4, 0.5) is 13.2 Å². The Labute approximate surface area is 123 Å². The van der Waals surface area contributed by atoms with E-state index >= 15 is 0 Å². The minimum absolute atomic E-state index is 0.0337. The molecule has 0 fully saturated rings. The topological polar surface area (TPSA) is 0 Å². The molecule has 0 aliphatic rings. The molecule has 106 valence electrons. The van der Waals surface area contributed by atoms with Crippen LogP contribution >= 0.6 is 0 Å². The fraction of sp³-hybridized carbons (Fsp3) is 0.250. The van der Waals surface area contributed by atoms with E-state index in [4.69, 9.17) is 0 Å². The van der Waals surface area contributed by atoms with Gasteiger partial charge in [0.2, 0.25) is 0 Å². The van der Waals surface area contributed by atoms with Gasteiger partial charge in [-0.15, -0.1) is 0 Å². The number of hydrogen-bond acceptors (Lipinski definition) is 0. The van der Waals surface area contributed by atoms with E-state index < -0.39 is 11.7 Å². The van der Waals surface area contributed by atoms with E-state index in [2.05, 4.69) is 32.9 Å². The van der Waals surface area contributed by atoms with Gasteiger partial charge in [-0.25, -0.2) is 0 Å². The van der Waals surface area contributed by atoms with Gasteiger partial charge in [0.25, 0.3) is 0 Å². The Bertz CT molecular complexity index is 590. The molecule has 20 heavy (non-hydrogen) atoms. The van der Waals surface area contributed by atoms with Crippen LogP contribution in [0.3, 0.4) is 0 Å². The van der Waals surface area contributed by atoms with Crippen molar-refractivity contribution in [3.63, 3.8) is 0 Å². The first-order valence-corrected chi connectivity index (χ1v) is 7.91. The molecule has 0 unspecified atom stereocenters. The summed E-state index contributed by atoms with van der Waals surface area (Å²) >= 11 is 0.0337.